The third-order valence-corrected chi connectivity index (χ3v) is 3.20. The van der Waals surface area contributed by atoms with Crippen LogP contribution in [0.5, 0.6) is 11.5 Å². The number of aromatic amines is 1. The van der Waals surface area contributed by atoms with Crippen LogP contribution in [-0.4, -0.2) is 11.6 Å². The number of nitrogen functional groups attached to an aromatic ring is 1. The van der Waals surface area contributed by atoms with E-state index in [9.17, 15) is 4.79 Å². The van der Waals surface area contributed by atoms with Crippen molar-refractivity contribution in [2.75, 3.05) is 12.3 Å². The average molecular weight is 300 g/mol. The highest BCUT2D eigenvalue weighted by Crippen LogP contribution is 2.34. The van der Waals surface area contributed by atoms with E-state index in [0.717, 1.165) is 11.1 Å². The molecule has 2 rings (SSSR count). The second kappa shape index (κ2) is 6.85. The summed E-state index contributed by atoms with van der Waals surface area (Å²) in [4.78, 5) is 15.0. The van der Waals surface area contributed by atoms with E-state index in [1.165, 1.54) is 0 Å². The highest BCUT2D eigenvalue weighted by molar-refractivity contribution is 5.89. The molecule has 116 valence electrons. The molecule has 0 fully saturated rings. The van der Waals surface area contributed by atoms with Gasteiger partial charge in [0.1, 0.15) is 6.61 Å². The second-order valence-electron chi connectivity index (χ2n) is 4.73. The van der Waals surface area contributed by atoms with Gasteiger partial charge in [0.05, 0.1) is 11.3 Å². The summed E-state index contributed by atoms with van der Waals surface area (Å²) in [7, 11) is 0. The molecule has 0 saturated heterocycles. The van der Waals surface area contributed by atoms with Gasteiger partial charge in [-0.1, -0.05) is 19.6 Å². The Bertz CT molecular complexity index is 775. The Hall–Kier alpha value is -2.69. The van der Waals surface area contributed by atoms with Crippen LogP contribution < -0.4 is 20.8 Å². The zero-order chi connectivity index (χ0) is 16.1. The van der Waals surface area contributed by atoms with Crippen LogP contribution in [0.1, 0.15) is 20.3 Å². The molecule has 0 amide bonds. The topological polar surface area (TPSA) is 77.3 Å². The first kappa shape index (κ1) is 15.7. The van der Waals surface area contributed by atoms with Gasteiger partial charge < -0.3 is 20.2 Å². The van der Waals surface area contributed by atoms with Crippen LogP contribution >= 0.6 is 0 Å². The summed E-state index contributed by atoms with van der Waals surface area (Å²) >= 11 is 0. The quantitative estimate of drug-likeness (QED) is 0.487. The first-order chi connectivity index (χ1) is 10.6. The predicted octanol–water partition coefficient (Wildman–Crippen LogP) is 3.37. The van der Waals surface area contributed by atoms with Crippen molar-refractivity contribution in [3.8, 4) is 11.5 Å². The number of hydrogen-bond acceptors (Lipinski definition) is 4. The lowest BCUT2D eigenvalue weighted by Gasteiger charge is -2.15. The molecule has 0 aliphatic rings. The number of aromatic nitrogens is 1. The molecule has 1 heterocycles. The highest BCUT2D eigenvalue weighted by atomic mass is 16.5. The largest absolute Gasteiger partial charge is 0.481 e. The van der Waals surface area contributed by atoms with E-state index in [4.69, 9.17) is 15.2 Å². The molecule has 0 spiro atoms. The Morgan fingerprint density at radius 3 is 2.82 bits per heavy atom. The lowest BCUT2D eigenvalue weighted by atomic mass is 10.1. The number of rotatable bonds is 6. The van der Waals surface area contributed by atoms with E-state index in [1.807, 2.05) is 19.9 Å². The fourth-order valence-electron chi connectivity index (χ4n) is 2.11. The van der Waals surface area contributed by atoms with Gasteiger partial charge in [-0.3, -0.25) is 4.79 Å². The normalized spacial score (nSPS) is 11.5. The second-order valence-corrected chi connectivity index (χ2v) is 4.73. The van der Waals surface area contributed by atoms with Gasteiger partial charge in [0.15, 0.2) is 5.75 Å². The number of anilines is 1. The molecule has 1 aromatic carbocycles. The SMILES string of the molecule is C=CCOc1c(OC(=CC)CC)c2ccc(N)cc2[nH]c1=O. The smallest absolute Gasteiger partial charge is 0.294 e. The molecule has 0 radical (unpaired) electrons. The monoisotopic (exact) mass is 300 g/mol. The van der Waals surface area contributed by atoms with Crippen molar-refractivity contribution in [1.82, 2.24) is 4.98 Å². The molecule has 5 heteroatoms. The Balaban J connectivity index is 2.69. The van der Waals surface area contributed by atoms with Crippen molar-refractivity contribution in [2.24, 2.45) is 0 Å². The van der Waals surface area contributed by atoms with Gasteiger partial charge in [-0.2, -0.15) is 0 Å². The lowest BCUT2D eigenvalue weighted by molar-refractivity contribution is 0.324. The third-order valence-electron chi connectivity index (χ3n) is 3.20. The highest BCUT2D eigenvalue weighted by Gasteiger charge is 2.17. The minimum absolute atomic E-state index is 0.143. The summed E-state index contributed by atoms with van der Waals surface area (Å²) in [5.41, 5.74) is 6.59. The minimum atomic E-state index is -0.360. The Morgan fingerprint density at radius 1 is 1.41 bits per heavy atom. The van der Waals surface area contributed by atoms with Crippen molar-refractivity contribution < 1.29 is 9.47 Å². The maximum absolute atomic E-state index is 12.3. The fraction of sp³-hybridized carbons (Fsp3) is 0.235. The minimum Gasteiger partial charge on any atom is -0.481 e. The number of ether oxygens (including phenoxy) is 2. The van der Waals surface area contributed by atoms with E-state index in [2.05, 4.69) is 11.6 Å². The van der Waals surface area contributed by atoms with E-state index >= 15 is 0 Å². The zero-order valence-electron chi connectivity index (χ0n) is 12.8. The molecule has 0 aliphatic heterocycles. The Labute approximate surface area is 129 Å². The van der Waals surface area contributed by atoms with Crippen LogP contribution in [0.3, 0.4) is 0 Å². The number of allylic oxidation sites excluding steroid dienone is 2. The number of fused-ring (bicyclic) bond motifs is 1. The summed E-state index contributed by atoms with van der Waals surface area (Å²) in [6, 6.07) is 5.26. The maximum Gasteiger partial charge on any atom is 0.294 e. The molecule has 0 aliphatic carbocycles. The molecule has 22 heavy (non-hydrogen) atoms. The molecule has 1 aromatic heterocycles. The van der Waals surface area contributed by atoms with E-state index in [0.29, 0.717) is 23.4 Å². The van der Waals surface area contributed by atoms with Crippen molar-refractivity contribution in [2.45, 2.75) is 20.3 Å². The number of nitrogens with one attached hydrogen (secondary N) is 1. The number of pyridine rings is 1. The van der Waals surface area contributed by atoms with Crippen molar-refractivity contribution >= 4 is 16.6 Å². The van der Waals surface area contributed by atoms with Gasteiger partial charge in [0.25, 0.3) is 5.56 Å². The molecule has 0 atom stereocenters. The molecule has 5 nitrogen and oxygen atoms in total. The summed E-state index contributed by atoms with van der Waals surface area (Å²) in [5.74, 6) is 1.30. The van der Waals surface area contributed by atoms with Gasteiger partial charge in [-0.25, -0.2) is 0 Å². The van der Waals surface area contributed by atoms with Gasteiger partial charge in [0, 0.05) is 17.5 Å². The Morgan fingerprint density at radius 2 is 2.18 bits per heavy atom. The van der Waals surface area contributed by atoms with E-state index in [1.54, 1.807) is 24.3 Å². The lowest BCUT2D eigenvalue weighted by Crippen LogP contribution is -2.14. The first-order valence-electron chi connectivity index (χ1n) is 7.13. The average Bonchev–Trinajstić information content (AvgIpc) is 2.51. The number of benzene rings is 1. The van der Waals surface area contributed by atoms with Crippen LogP contribution in [0.2, 0.25) is 0 Å². The molecule has 2 aromatic rings. The molecule has 0 saturated carbocycles. The fourth-order valence-corrected chi connectivity index (χ4v) is 2.11. The predicted molar refractivity (Wildman–Crippen MR) is 89.3 cm³/mol. The van der Waals surface area contributed by atoms with Crippen LogP contribution in [0.4, 0.5) is 5.69 Å². The van der Waals surface area contributed by atoms with Crippen LogP contribution in [0, 0.1) is 0 Å². The van der Waals surface area contributed by atoms with Crippen LogP contribution in [0.15, 0.2) is 47.5 Å². The zero-order valence-corrected chi connectivity index (χ0v) is 12.8. The third kappa shape index (κ3) is 3.14. The van der Waals surface area contributed by atoms with Gasteiger partial charge in [-0.15, -0.1) is 0 Å². The first-order valence-corrected chi connectivity index (χ1v) is 7.13. The number of hydrogen-bond donors (Lipinski definition) is 2. The number of nitrogens with two attached hydrogens (primary N) is 1. The van der Waals surface area contributed by atoms with Crippen molar-refractivity contribution in [3.63, 3.8) is 0 Å². The standard InChI is InChI=1S/C17H20N2O3/c1-4-9-21-16-15(22-12(5-2)6-3)13-8-7-11(18)10-14(13)19-17(16)20/h4-5,7-8,10H,1,6,9,18H2,2-3H3,(H,19,20). The molecule has 0 bridgehead atoms. The van der Waals surface area contributed by atoms with Crippen LogP contribution in [-0.2, 0) is 0 Å². The van der Waals surface area contributed by atoms with Gasteiger partial charge in [0.2, 0.25) is 5.75 Å². The van der Waals surface area contributed by atoms with E-state index < -0.39 is 0 Å². The van der Waals surface area contributed by atoms with E-state index in [-0.39, 0.29) is 17.9 Å². The van der Waals surface area contributed by atoms with Crippen molar-refractivity contribution in [3.05, 3.63) is 53.0 Å². The Kier molecular flexibility index (Phi) is 4.88. The molecule has 3 N–H and O–H groups in total. The van der Waals surface area contributed by atoms with Crippen LogP contribution in [0.25, 0.3) is 10.9 Å². The van der Waals surface area contributed by atoms with Gasteiger partial charge >= 0.3 is 0 Å². The van der Waals surface area contributed by atoms with Crippen molar-refractivity contribution in [1.29, 1.82) is 0 Å². The molecule has 0 unspecified atom stereocenters. The summed E-state index contributed by atoms with van der Waals surface area (Å²) in [5, 5.41) is 0.737. The number of H-pyrrole nitrogens is 1. The molecular weight excluding hydrogens is 280 g/mol. The maximum atomic E-state index is 12.3. The van der Waals surface area contributed by atoms with Gasteiger partial charge in [-0.05, 0) is 31.2 Å². The summed E-state index contributed by atoms with van der Waals surface area (Å²) < 4.78 is 11.4. The summed E-state index contributed by atoms with van der Waals surface area (Å²) in [6.45, 7) is 7.68. The molecular formula is C17H20N2O3. The summed E-state index contributed by atoms with van der Waals surface area (Å²) in [6.07, 6.45) is 4.15.